The Morgan fingerprint density at radius 1 is 1.15 bits per heavy atom. The Hall–Kier alpha value is -2.66. The standard InChI is InChI=1S/C22H23N3O2/c26-22-13-20-21(25(22)8-4-15-5-9-27-10-6-15)12-18(14-24-20)16-1-2-19-17(11-16)3-7-23-19/h1-3,7,11-12,14-15,23H,4-6,8-10,13H2. The number of amides is 1. The second kappa shape index (κ2) is 6.82. The van der Waals surface area contributed by atoms with Gasteiger partial charge in [-0.3, -0.25) is 9.78 Å². The van der Waals surface area contributed by atoms with Gasteiger partial charge < -0.3 is 14.6 Å². The van der Waals surface area contributed by atoms with Crippen LogP contribution in [-0.2, 0) is 16.0 Å². The molecule has 0 bridgehead atoms. The number of fused-ring (bicyclic) bond motifs is 2. The number of aromatic amines is 1. The van der Waals surface area contributed by atoms with Gasteiger partial charge in [0.15, 0.2) is 0 Å². The summed E-state index contributed by atoms with van der Waals surface area (Å²) in [5, 5.41) is 1.18. The van der Waals surface area contributed by atoms with Crippen molar-refractivity contribution in [3.05, 3.63) is 48.4 Å². The molecule has 3 aromatic rings. The zero-order chi connectivity index (χ0) is 18.2. The van der Waals surface area contributed by atoms with Crippen molar-refractivity contribution in [3.8, 4) is 11.1 Å². The number of hydrogen-bond acceptors (Lipinski definition) is 3. The van der Waals surface area contributed by atoms with Crippen molar-refractivity contribution in [2.45, 2.75) is 25.7 Å². The third kappa shape index (κ3) is 3.12. The van der Waals surface area contributed by atoms with Crippen molar-refractivity contribution >= 4 is 22.5 Å². The molecule has 5 rings (SSSR count). The van der Waals surface area contributed by atoms with Crippen LogP contribution in [0.1, 0.15) is 25.0 Å². The Morgan fingerprint density at radius 2 is 2.04 bits per heavy atom. The fourth-order valence-electron chi connectivity index (χ4n) is 4.21. The number of hydrogen-bond donors (Lipinski definition) is 1. The van der Waals surface area contributed by atoms with Crippen LogP contribution in [0, 0.1) is 5.92 Å². The summed E-state index contributed by atoms with van der Waals surface area (Å²) in [5.74, 6) is 0.825. The predicted octanol–water partition coefficient (Wildman–Crippen LogP) is 3.94. The predicted molar refractivity (Wildman–Crippen MR) is 106 cm³/mol. The SMILES string of the molecule is O=C1Cc2ncc(-c3ccc4[nH]ccc4c3)cc2N1CCC1CCOCC1. The molecule has 0 radical (unpaired) electrons. The molecular formula is C22H23N3O2. The average Bonchev–Trinajstić information content (AvgIpc) is 3.29. The maximum atomic E-state index is 12.5. The normalized spacial score (nSPS) is 17.6. The van der Waals surface area contributed by atoms with E-state index in [1.54, 1.807) is 0 Å². The van der Waals surface area contributed by atoms with E-state index in [0.717, 1.165) is 67.0 Å². The summed E-state index contributed by atoms with van der Waals surface area (Å²) >= 11 is 0. The van der Waals surface area contributed by atoms with Gasteiger partial charge in [-0.15, -0.1) is 0 Å². The molecule has 1 aromatic carbocycles. The number of aromatic nitrogens is 2. The molecule has 2 aliphatic heterocycles. The Balaban J connectivity index is 1.41. The lowest BCUT2D eigenvalue weighted by atomic mass is 9.96. The Morgan fingerprint density at radius 3 is 2.93 bits per heavy atom. The van der Waals surface area contributed by atoms with Crippen LogP contribution in [0.25, 0.3) is 22.0 Å². The van der Waals surface area contributed by atoms with E-state index in [-0.39, 0.29) is 5.91 Å². The van der Waals surface area contributed by atoms with E-state index in [2.05, 4.69) is 40.3 Å². The third-order valence-corrected chi connectivity index (χ3v) is 5.85. The van der Waals surface area contributed by atoms with Crippen molar-refractivity contribution in [1.82, 2.24) is 9.97 Å². The first-order chi connectivity index (χ1) is 13.3. The summed E-state index contributed by atoms with van der Waals surface area (Å²) in [6, 6.07) is 10.6. The van der Waals surface area contributed by atoms with Crippen LogP contribution >= 0.6 is 0 Å². The molecule has 0 atom stereocenters. The second-order valence-corrected chi connectivity index (χ2v) is 7.54. The van der Waals surface area contributed by atoms with E-state index in [1.807, 2.05) is 17.3 Å². The Bertz CT molecular complexity index is 988. The van der Waals surface area contributed by atoms with Gasteiger partial charge in [-0.2, -0.15) is 0 Å². The van der Waals surface area contributed by atoms with Crippen molar-refractivity contribution in [3.63, 3.8) is 0 Å². The molecule has 5 nitrogen and oxygen atoms in total. The van der Waals surface area contributed by atoms with Crippen molar-refractivity contribution < 1.29 is 9.53 Å². The summed E-state index contributed by atoms with van der Waals surface area (Å²) in [5.41, 5.74) is 5.20. The van der Waals surface area contributed by atoms with E-state index in [1.165, 1.54) is 5.39 Å². The minimum atomic E-state index is 0.169. The number of anilines is 1. The van der Waals surface area contributed by atoms with Crippen LogP contribution in [0.15, 0.2) is 42.7 Å². The molecule has 27 heavy (non-hydrogen) atoms. The number of nitrogens with zero attached hydrogens (tertiary/aromatic N) is 2. The minimum Gasteiger partial charge on any atom is -0.381 e. The van der Waals surface area contributed by atoms with E-state index in [0.29, 0.717) is 12.3 Å². The quantitative estimate of drug-likeness (QED) is 0.766. The molecule has 2 aliphatic rings. The highest BCUT2D eigenvalue weighted by Gasteiger charge is 2.29. The Kier molecular flexibility index (Phi) is 4.17. The fourth-order valence-corrected chi connectivity index (χ4v) is 4.21. The number of benzene rings is 1. The second-order valence-electron chi connectivity index (χ2n) is 7.54. The van der Waals surface area contributed by atoms with Gasteiger partial charge in [0.05, 0.1) is 17.8 Å². The van der Waals surface area contributed by atoms with Gasteiger partial charge in [-0.25, -0.2) is 0 Å². The molecule has 1 saturated heterocycles. The highest BCUT2D eigenvalue weighted by molar-refractivity contribution is 6.01. The summed E-state index contributed by atoms with van der Waals surface area (Å²) < 4.78 is 5.45. The largest absolute Gasteiger partial charge is 0.381 e. The van der Waals surface area contributed by atoms with Crippen LogP contribution < -0.4 is 4.90 Å². The number of carbonyl (C=O) groups excluding carboxylic acids is 1. The topological polar surface area (TPSA) is 58.2 Å². The minimum absolute atomic E-state index is 0.169. The number of rotatable bonds is 4. The first-order valence-corrected chi connectivity index (χ1v) is 9.72. The lowest BCUT2D eigenvalue weighted by molar-refractivity contribution is -0.117. The van der Waals surface area contributed by atoms with Gasteiger partial charge in [0.2, 0.25) is 5.91 Å². The molecule has 2 aromatic heterocycles. The molecule has 138 valence electrons. The van der Waals surface area contributed by atoms with Crippen LogP contribution in [-0.4, -0.2) is 35.6 Å². The van der Waals surface area contributed by atoms with Gasteiger partial charge in [-0.1, -0.05) is 6.07 Å². The van der Waals surface area contributed by atoms with E-state index in [4.69, 9.17) is 4.74 Å². The smallest absolute Gasteiger partial charge is 0.233 e. The lowest BCUT2D eigenvalue weighted by Gasteiger charge is -2.25. The molecule has 1 N–H and O–H groups in total. The highest BCUT2D eigenvalue weighted by atomic mass is 16.5. The maximum Gasteiger partial charge on any atom is 0.233 e. The lowest BCUT2D eigenvalue weighted by Crippen LogP contribution is -2.30. The van der Waals surface area contributed by atoms with Crippen molar-refractivity contribution in [2.75, 3.05) is 24.7 Å². The average molecular weight is 361 g/mol. The monoisotopic (exact) mass is 361 g/mol. The van der Waals surface area contributed by atoms with Gasteiger partial charge in [-0.05, 0) is 60.4 Å². The first kappa shape index (κ1) is 16.5. The Labute approximate surface area is 158 Å². The van der Waals surface area contributed by atoms with Crippen molar-refractivity contribution in [2.24, 2.45) is 5.92 Å². The van der Waals surface area contributed by atoms with Gasteiger partial charge in [0, 0.05) is 43.2 Å². The van der Waals surface area contributed by atoms with Gasteiger partial charge in [0.25, 0.3) is 0 Å². The molecule has 1 amide bonds. The van der Waals surface area contributed by atoms with E-state index < -0.39 is 0 Å². The fraction of sp³-hybridized carbons (Fsp3) is 0.364. The van der Waals surface area contributed by atoms with Gasteiger partial charge in [0.1, 0.15) is 0 Å². The molecule has 5 heteroatoms. The van der Waals surface area contributed by atoms with Crippen LogP contribution in [0.5, 0.6) is 0 Å². The van der Waals surface area contributed by atoms with E-state index in [9.17, 15) is 4.79 Å². The van der Waals surface area contributed by atoms with Crippen molar-refractivity contribution in [1.29, 1.82) is 0 Å². The van der Waals surface area contributed by atoms with Crippen LogP contribution in [0.4, 0.5) is 5.69 Å². The maximum absolute atomic E-state index is 12.5. The van der Waals surface area contributed by atoms with Gasteiger partial charge >= 0.3 is 0 Å². The summed E-state index contributed by atoms with van der Waals surface area (Å²) in [4.78, 5) is 22.3. The van der Waals surface area contributed by atoms with Crippen LogP contribution in [0.3, 0.4) is 0 Å². The summed E-state index contributed by atoms with van der Waals surface area (Å²) in [7, 11) is 0. The molecule has 0 saturated carbocycles. The number of carbonyl (C=O) groups is 1. The number of nitrogens with one attached hydrogen (secondary N) is 1. The molecule has 0 spiro atoms. The zero-order valence-electron chi connectivity index (χ0n) is 15.3. The third-order valence-electron chi connectivity index (χ3n) is 5.85. The molecule has 0 aliphatic carbocycles. The van der Waals surface area contributed by atoms with Crippen LogP contribution in [0.2, 0.25) is 0 Å². The zero-order valence-corrected chi connectivity index (χ0v) is 15.3. The molecular weight excluding hydrogens is 338 g/mol. The molecule has 1 fully saturated rings. The first-order valence-electron chi connectivity index (χ1n) is 9.72. The number of ether oxygens (including phenoxy) is 1. The number of H-pyrrole nitrogens is 1. The summed E-state index contributed by atoms with van der Waals surface area (Å²) in [6.45, 7) is 2.48. The summed E-state index contributed by atoms with van der Waals surface area (Å²) in [6.07, 6.45) is 7.50. The highest BCUT2D eigenvalue weighted by Crippen LogP contribution is 2.33. The molecule has 0 unspecified atom stereocenters. The van der Waals surface area contributed by atoms with E-state index >= 15 is 0 Å². The molecule has 4 heterocycles. The number of pyridine rings is 1.